The number of nitro benzene ring substituents is 1. The monoisotopic (exact) mass is 526 g/mol. The molecule has 0 amide bonds. The molecule has 0 saturated heterocycles. The number of non-ortho nitro benzene ring substituents is 1. The molecule has 200 valence electrons. The van der Waals surface area contributed by atoms with Crippen LogP contribution in [0.25, 0.3) is 0 Å². The molecule has 0 heterocycles. The van der Waals surface area contributed by atoms with E-state index in [0.29, 0.717) is 0 Å². The molecule has 4 heteroatoms. The minimum Gasteiger partial charge on any atom is -0.310 e. The van der Waals surface area contributed by atoms with Crippen LogP contribution in [0.3, 0.4) is 0 Å². The Morgan fingerprint density at radius 1 is 0.475 bits per heavy atom. The Hall–Kier alpha value is -4.70. The van der Waals surface area contributed by atoms with Crippen molar-refractivity contribution in [3.8, 4) is 0 Å². The van der Waals surface area contributed by atoms with E-state index in [1.54, 1.807) is 12.1 Å². The van der Waals surface area contributed by atoms with Crippen LogP contribution in [0.2, 0.25) is 0 Å². The van der Waals surface area contributed by atoms with Gasteiger partial charge in [0, 0.05) is 40.0 Å². The van der Waals surface area contributed by atoms with Gasteiger partial charge in [0.2, 0.25) is 0 Å². The van der Waals surface area contributed by atoms with Crippen molar-refractivity contribution in [1.82, 2.24) is 0 Å². The minimum atomic E-state index is -0.366. The van der Waals surface area contributed by atoms with Crippen molar-refractivity contribution in [3.05, 3.63) is 166 Å². The lowest BCUT2D eigenvalue weighted by molar-refractivity contribution is -0.384. The second-order valence-corrected chi connectivity index (χ2v) is 11.2. The third kappa shape index (κ3) is 5.26. The van der Waals surface area contributed by atoms with Crippen LogP contribution in [0.4, 0.5) is 22.7 Å². The maximum absolute atomic E-state index is 11.3. The highest BCUT2D eigenvalue weighted by atomic mass is 16.6. The lowest BCUT2D eigenvalue weighted by Gasteiger charge is -2.30. The average molecular weight is 527 g/mol. The van der Waals surface area contributed by atoms with Crippen LogP contribution in [0.5, 0.6) is 0 Å². The van der Waals surface area contributed by atoms with E-state index in [9.17, 15) is 10.1 Å². The van der Waals surface area contributed by atoms with Gasteiger partial charge in [0.05, 0.1) is 4.92 Å². The van der Waals surface area contributed by atoms with Crippen LogP contribution in [-0.2, 0) is 10.8 Å². The van der Waals surface area contributed by atoms with E-state index in [0.717, 1.165) is 17.1 Å². The highest BCUT2D eigenvalue weighted by molar-refractivity contribution is 5.77. The Labute approximate surface area is 236 Å². The summed E-state index contributed by atoms with van der Waals surface area (Å²) < 4.78 is 0. The van der Waals surface area contributed by atoms with Crippen LogP contribution < -0.4 is 4.90 Å². The maximum Gasteiger partial charge on any atom is 0.269 e. The van der Waals surface area contributed by atoms with Gasteiger partial charge in [-0.1, -0.05) is 113 Å². The molecular formula is C36H34N2O2. The average Bonchev–Trinajstić information content (AvgIpc) is 2.99. The van der Waals surface area contributed by atoms with Crippen molar-refractivity contribution in [1.29, 1.82) is 0 Å². The van der Waals surface area contributed by atoms with E-state index in [1.807, 2.05) is 24.3 Å². The van der Waals surface area contributed by atoms with E-state index >= 15 is 0 Å². The predicted molar refractivity (Wildman–Crippen MR) is 165 cm³/mol. The Kier molecular flexibility index (Phi) is 7.27. The van der Waals surface area contributed by atoms with Crippen molar-refractivity contribution >= 4 is 22.7 Å². The summed E-state index contributed by atoms with van der Waals surface area (Å²) in [6, 6.07) is 45.0. The lowest BCUT2D eigenvalue weighted by Crippen LogP contribution is -2.19. The maximum atomic E-state index is 11.3. The number of rotatable bonds is 8. The topological polar surface area (TPSA) is 46.4 Å². The van der Waals surface area contributed by atoms with Gasteiger partial charge in [0.1, 0.15) is 0 Å². The molecule has 5 aromatic carbocycles. The zero-order chi connectivity index (χ0) is 28.3. The highest BCUT2D eigenvalue weighted by Crippen LogP contribution is 2.39. The van der Waals surface area contributed by atoms with Crippen molar-refractivity contribution in [2.75, 3.05) is 4.90 Å². The Bertz CT molecular complexity index is 1480. The number of nitro groups is 1. The largest absolute Gasteiger partial charge is 0.310 e. The van der Waals surface area contributed by atoms with E-state index in [1.165, 1.54) is 22.3 Å². The summed E-state index contributed by atoms with van der Waals surface area (Å²) in [6.45, 7) is 8.94. The van der Waals surface area contributed by atoms with Crippen molar-refractivity contribution in [2.24, 2.45) is 0 Å². The molecule has 0 saturated carbocycles. The quantitative estimate of drug-likeness (QED) is 0.149. The highest BCUT2D eigenvalue weighted by Gasteiger charge is 2.25. The predicted octanol–water partition coefficient (Wildman–Crippen LogP) is 9.72. The Morgan fingerprint density at radius 3 is 1.10 bits per heavy atom. The molecule has 0 aliphatic heterocycles. The molecule has 0 spiro atoms. The Morgan fingerprint density at radius 2 is 0.775 bits per heavy atom. The summed E-state index contributed by atoms with van der Waals surface area (Å²) in [5.74, 6) is 0. The van der Waals surface area contributed by atoms with Gasteiger partial charge < -0.3 is 4.90 Å². The molecule has 0 unspecified atom stereocenters. The van der Waals surface area contributed by atoms with Gasteiger partial charge in [-0.15, -0.1) is 0 Å². The first-order valence-corrected chi connectivity index (χ1v) is 13.5. The molecule has 40 heavy (non-hydrogen) atoms. The SMILES string of the molecule is CC(C)(c1ccccc1)c1ccc(N(c2ccc([N+](=O)[O-])cc2)c2ccc(C(C)(C)c3ccccc3)cc2)cc1. The second kappa shape index (κ2) is 10.8. The normalized spacial score (nSPS) is 11.7. The smallest absolute Gasteiger partial charge is 0.269 e. The third-order valence-electron chi connectivity index (χ3n) is 8.00. The van der Waals surface area contributed by atoms with Gasteiger partial charge in [-0.3, -0.25) is 10.1 Å². The Balaban J connectivity index is 1.53. The summed E-state index contributed by atoms with van der Waals surface area (Å²) in [4.78, 5) is 13.1. The van der Waals surface area contributed by atoms with E-state index in [-0.39, 0.29) is 21.4 Å². The molecule has 0 aliphatic rings. The zero-order valence-corrected chi connectivity index (χ0v) is 23.4. The van der Waals surface area contributed by atoms with Crippen LogP contribution in [0.1, 0.15) is 49.9 Å². The van der Waals surface area contributed by atoms with E-state index < -0.39 is 0 Å². The molecule has 0 aliphatic carbocycles. The number of nitrogens with zero attached hydrogens (tertiary/aromatic N) is 2. The fourth-order valence-corrected chi connectivity index (χ4v) is 5.27. The third-order valence-corrected chi connectivity index (χ3v) is 8.00. The summed E-state index contributed by atoms with van der Waals surface area (Å²) in [5.41, 5.74) is 7.54. The number of benzene rings is 5. The van der Waals surface area contributed by atoms with Crippen LogP contribution in [0.15, 0.2) is 133 Å². The van der Waals surface area contributed by atoms with Crippen LogP contribution in [0, 0.1) is 10.1 Å². The number of anilines is 3. The molecule has 0 atom stereocenters. The molecule has 0 bridgehead atoms. The number of hydrogen-bond acceptors (Lipinski definition) is 3. The van der Waals surface area contributed by atoms with Gasteiger partial charge in [0.25, 0.3) is 5.69 Å². The molecule has 0 radical (unpaired) electrons. The lowest BCUT2D eigenvalue weighted by atomic mass is 9.78. The zero-order valence-electron chi connectivity index (χ0n) is 23.4. The first kappa shape index (κ1) is 26.9. The molecular weight excluding hydrogens is 492 g/mol. The molecule has 0 aromatic heterocycles. The van der Waals surface area contributed by atoms with E-state index in [2.05, 4.69) is 130 Å². The summed E-state index contributed by atoms with van der Waals surface area (Å²) in [5, 5.41) is 11.3. The minimum absolute atomic E-state index is 0.0728. The second-order valence-electron chi connectivity index (χ2n) is 11.2. The summed E-state index contributed by atoms with van der Waals surface area (Å²) in [7, 11) is 0. The van der Waals surface area contributed by atoms with Crippen molar-refractivity contribution < 1.29 is 4.92 Å². The molecule has 0 N–H and O–H groups in total. The standard InChI is InChI=1S/C36H34N2O2/c1-35(2,27-11-7-5-8-12-27)29-15-19-31(20-16-29)37(33-23-25-34(26-24-33)38(39)40)32-21-17-30(18-22-32)36(3,4)28-13-9-6-10-14-28/h5-26H,1-4H3. The van der Waals surface area contributed by atoms with Crippen molar-refractivity contribution in [3.63, 3.8) is 0 Å². The van der Waals surface area contributed by atoms with Gasteiger partial charge in [0.15, 0.2) is 0 Å². The van der Waals surface area contributed by atoms with E-state index in [4.69, 9.17) is 0 Å². The van der Waals surface area contributed by atoms with Gasteiger partial charge in [-0.25, -0.2) is 0 Å². The summed E-state index contributed by atoms with van der Waals surface area (Å²) in [6.07, 6.45) is 0. The first-order valence-electron chi connectivity index (χ1n) is 13.5. The van der Waals surface area contributed by atoms with Crippen LogP contribution >= 0.6 is 0 Å². The first-order chi connectivity index (χ1) is 19.2. The molecule has 0 fully saturated rings. The molecule has 5 aromatic rings. The summed E-state index contributed by atoms with van der Waals surface area (Å²) >= 11 is 0. The van der Waals surface area contributed by atoms with Gasteiger partial charge >= 0.3 is 0 Å². The van der Waals surface area contributed by atoms with Gasteiger partial charge in [-0.05, 0) is 58.7 Å². The molecule has 5 rings (SSSR count). The number of hydrogen-bond donors (Lipinski definition) is 0. The fraction of sp³-hybridized carbons (Fsp3) is 0.167. The fourth-order valence-electron chi connectivity index (χ4n) is 5.27. The molecule has 4 nitrogen and oxygen atoms in total. The van der Waals surface area contributed by atoms with Crippen molar-refractivity contribution in [2.45, 2.75) is 38.5 Å². The van der Waals surface area contributed by atoms with Crippen LogP contribution in [-0.4, -0.2) is 4.92 Å². The van der Waals surface area contributed by atoms with Gasteiger partial charge in [-0.2, -0.15) is 0 Å².